The summed E-state index contributed by atoms with van der Waals surface area (Å²) < 4.78 is 6.79. The van der Waals surface area contributed by atoms with Crippen LogP contribution in [0.3, 0.4) is 0 Å². The minimum Gasteiger partial charge on any atom is -0.479 e. The van der Waals surface area contributed by atoms with Crippen molar-refractivity contribution in [3.05, 3.63) is 16.9 Å². The third-order valence-electron chi connectivity index (χ3n) is 2.74. The third kappa shape index (κ3) is 3.03. The average Bonchev–Trinajstić information content (AvgIpc) is 2.67. The molecule has 5 nitrogen and oxygen atoms in total. The number of hydrogen-bond acceptors (Lipinski definition) is 3. The number of halogens is 1. The molecule has 0 saturated carbocycles. The Bertz CT molecular complexity index is 431. The Kier molecular flexibility index (Phi) is 4.76. The molecule has 1 N–H and O–H groups in total. The van der Waals surface area contributed by atoms with Crippen LogP contribution in [0.4, 0.5) is 0 Å². The lowest BCUT2D eigenvalue weighted by Crippen LogP contribution is -2.44. The molecule has 0 aliphatic rings. The lowest BCUT2D eigenvalue weighted by atomic mass is 10.1. The van der Waals surface area contributed by atoms with Crippen LogP contribution in [0.2, 0.25) is 5.02 Å². The minimum atomic E-state index is -1.25. The molecular formula is C12H19ClN2O3. The normalized spacial score (nSPS) is 14.8. The van der Waals surface area contributed by atoms with E-state index in [0.717, 1.165) is 0 Å². The van der Waals surface area contributed by atoms with Crippen LogP contribution in [0.5, 0.6) is 0 Å². The van der Waals surface area contributed by atoms with Gasteiger partial charge in [0.2, 0.25) is 0 Å². The van der Waals surface area contributed by atoms with Crippen LogP contribution in [-0.2, 0) is 21.5 Å². The highest BCUT2D eigenvalue weighted by molar-refractivity contribution is 6.31. The molecule has 0 aromatic carbocycles. The smallest absolute Gasteiger partial charge is 0.333 e. The first-order chi connectivity index (χ1) is 8.31. The van der Waals surface area contributed by atoms with E-state index < -0.39 is 11.5 Å². The van der Waals surface area contributed by atoms with E-state index in [1.54, 1.807) is 6.92 Å². The molecule has 0 aliphatic heterocycles. The topological polar surface area (TPSA) is 64.4 Å². The predicted octanol–water partition coefficient (Wildman–Crippen LogP) is 2.32. The van der Waals surface area contributed by atoms with Gasteiger partial charge in [-0.05, 0) is 27.2 Å². The number of ether oxygens (including phenoxy) is 1. The number of carbonyl (C=O) groups is 1. The van der Waals surface area contributed by atoms with E-state index in [1.165, 1.54) is 10.9 Å². The zero-order chi connectivity index (χ0) is 13.9. The molecular weight excluding hydrogens is 256 g/mol. The Hall–Kier alpha value is -1.07. The maximum absolute atomic E-state index is 11.5. The van der Waals surface area contributed by atoms with Crippen LogP contribution in [0, 0.1) is 0 Å². The summed E-state index contributed by atoms with van der Waals surface area (Å²) in [5.74, 6) is -0.995. The van der Waals surface area contributed by atoms with Gasteiger partial charge in [0.25, 0.3) is 0 Å². The van der Waals surface area contributed by atoms with Crippen LogP contribution < -0.4 is 0 Å². The minimum absolute atomic E-state index is 0.0413. The lowest BCUT2D eigenvalue weighted by molar-refractivity contribution is -0.151. The summed E-state index contributed by atoms with van der Waals surface area (Å²) in [7, 11) is 0. The molecule has 1 atom stereocenters. The molecule has 1 rings (SSSR count). The van der Waals surface area contributed by atoms with Gasteiger partial charge < -0.3 is 9.84 Å². The van der Waals surface area contributed by atoms with Gasteiger partial charge in [-0.3, -0.25) is 4.68 Å². The van der Waals surface area contributed by atoms with Crippen molar-refractivity contribution in [2.24, 2.45) is 0 Å². The van der Waals surface area contributed by atoms with Crippen molar-refractivity contribution in [2.45, 2.75) is 45.8 Å². The second-order valence-electron chi connectivity index (χ2n) is 4.66. The van der Waals surface area contributed by atoms with Crippen molar-refractivity contribution >= 4 is 17.6 Å². The second kappa shape index (κ2) is 5.71. The molecule has 1 heterocycles. The van der Waals surface area contributed by atoms with Gasteiger partial charge in [-0.15, -0.1) is 0 Å². The van der Waals surface area contributed by atoms with Crippen molar-refractivity contribution in [3.8, 4) is 0 Å². The Morgan fingerprint density at radius 3 is 2.67 bits per heavy atom. The number of rotatable bonds is 6. The zero-order valence-electron chi connectivity index (χ0n) is 11.1. The number of carboxylic acid groups (broad SMARTS) is 1. The second-order valence-corrected chi connectivity index (χ2v) is 5.07. The highest BCUT2D eigenvalue weighted by atomic mass is 35.5. The van der Waals surface area contributed by atoms with Gasteiger partial charge in [-0.25, -0.2) is 4.79 Å². The Morgan fingerprint density at radius 2 is 2.28 bits per heavy atom. The van der Waals surface area contributed by atoms with Gasteiger partial charge in [-0.1, -0.05) is 18.5 Å². The van der Waals surface area contributed by atoms with E-state index >= 15 is 0 Å². The van der Waals surface area contributed by atoms with E-state index in [1.807, 2.05) is 20.8 Å². The number of hydrogen-bond donors (Lipinski definition) is 1. The Morgan fingerprint density at radius 1 is 1.67 bits per heavy atom. The van der Waals surface area contributed by atoms with Crippen molar-refractivity contribution in [2.75, 3.05) is 6.61 Å². The van der Waals surface area contributed by atoms with E-state index in [2.05, 4.69) is 5.10 Å². The fourth-order valence-corrected chi connectivity index (χ4v) is 1.70. The van der Waals surface area contributed by atoms with Crippen LogP contribution in [0.15, 0.2) is 6.20 Å². The Balaban J connectivity index is 3.06. The SMILES string of the molecule is CCc1nn(C(C)(COC(C)C)C(=O)O)cc1Cl. The average molecular weight is 275 g/mol. The molecule has 0 radical (unpaired) electrons. The number of aliphatic carboxylic acids is 1. The van der Waals surface area contributed by atoms with Gasteiger partial charge in [0.05, 0.1) is 23.4 Å². The molecule has 1 aromatic heterocycles. The molecule has 6 heteroatoms. The van der Waals surface area contributed by atoms with E-state index in [0.29, 0.717) is 17.1 Å². The maximum Gasteiger partial charge on any atom is 0.333 e. The summed E-state index contributed by atoms with van der Waals surface area (Å²) >= 11 is 6.00. The van der Waals surface area contributed by atoms with Crippen molar-refractivity contribution in [1.82, 2.24) is 9.78 Å². The Labute approximate surface area is 112 Å². The van der Waals surface area contributed by atoms with Gasteiger partial charge in [0.1, 0.15) is 0 Å². The first kappa shape index (κ1) is 15.0. The summed E-state index contributed by atoms with van der Waals surface area (Å²) in [5, 5.41) is 14.1. The molecule has 18 heavy (non-hydrogen) atoms. The zero-order valence-corrected chi connectivity index (χ0v) is 11.9. The highest BCUT2D eigenvalue weighted by Crippen LogP contribution is 2.22. The molecule has 1 aromatic rings. The molecule has 0 aliphatic carbocycles. The first-order valence-corrected chi connectivity index (χ1v) is 6.28. The number of nitrogens with zero attached hydrogens (tertiary/aromatic N) is 2. The summed E-state index contributed by atoms with van der Waals surface area (Å²) in [5.41, 5.74) is -0.560. The largest absolute Gasteiger partial charge is 0.479 e. The highest BCUT2D eigenvalue weighted by Gasteiger charge is 2.37. The van der Waals surface area contributed by atoms with Crippen LogP contribution >= 0.6 is 11.6 Å². The van der Waals surface area contributed by atoms with E-state index in [4.69, 9.17) is 16.3 Å². The van der Waals surface area contributed by atoms with Gasteiger partial charge in [0.15, 0.2) is 5.54 Å². The van der Waals surface area contributed by atoms with Crippen molar-refractivity contribution in [1.29, 1.82) is 0 Å². The van der Waals surface area contributed by atoms with Crippen molar-refractivity contribution < 1.29 is 14.6 Å². The summed E-state index contributed by atoms with van der Waals surface area (Å²) in [6.45, 7) is 7.24. The quantitative estimate of drug-likeness (QED) is 0.865. The summed E-state index contributed by atoms with van der Waals surface area (Å²) in [6, 6.07) is 0. The molecule has 0 amide bonds. The molecule has 0 bridgehead atoms. The summed E-state index contributed by atoms with van der Waals surface area (Å²) in [4.78, 5) is 11.5. The molecule has 1 unspecified atom stereocenters. The molecule has 0 spiro atoms. The fourth-order valence-electron chi connectivity index (χ4n) is 1.44. The fraction of sp³-hybridized carbons (Fsp3) is 0.667. The number of carboxylic acids is 1. The predicted molar refractivity (Wildman–Crippen MR) is 69.0 cm³/mol. The van der Waals surface area contributed by atoms with Gasteiger partial charge in [-0.2, -0.15) is 5.10 Å². The summed E-state index contributed by atoms with van der Waals surface area (Å²) in [6.07, 6.45) is 2.16. The standard InChI is InChI=1S/C12H19ClN2O3/c1-5-10-9(13)6-15(14-10)12(4,11(16)17)7-18-8(2)3/h6,8H,5,7H2,1-4H3,(H,16,17). The van der Waals surface area contributed by atoms with Gasteiger partial charge in [0, 0.05) is 6.20 Å². The maximum atomic E-state index is 11.5. The number of aryl methyl sites for hydroxylation is 1. The van der Waals surface area contributed by atoms with E-state index in [-0.39, 0.29) is 12.7 Å². The lowest BCUT2D eigenvalue weighted by Gasteiger charge is -2.26. The van der Waals surface area contributed by atoms with E-state index in [9.17, 15) is 9.90 Å². The van der Waals surface area contributed by atoms with Crippen LogP contribution in [0.1, 0.15) is 33.4 Å². The molecule has 0 saturated heterocycles. The monoisotopic (exact) mass is 274 g/mol. The first-order valence-electron chi connectivity index (χ1n) is 5.90. The van der Waals surface area contributed by atoms with Crippen LogP contribution in [0.25, 0.3) is 0 Å². The third-order valence-corrected chi connectivity index (χ3v) is 3.05. The van der Waals surface area contributed by atoms with Crippen LogP contribution in [-0.4, -0.2) is 33.6 Å². The van der Waals surface area contributed by atoms with Gasteiger partial charge >= 0.3 is 5.97 Å². The molecule has 102 valence electrons. The van der Waals surface area contributed by atoms with Crippen molar-refractivity contribution in [3.63, 3.8) is 0 Å². The number of aromatic nitrogens is 2. The molecule has 0 fully saturated rings.